The molecule has 0 radical (unpaired) electrons. The van der Waals surface area contributed by atoms with E-state index >= 15 is 0 Å². The number of carbonyl (C=O) groups excluding carboxylic acids is 2. The van der Waals surface area contributed by atoms with Crippen LogP contribution in [0.3, 0.4) is 0 Å². The molecule has 0 fully saturated rings. The maximum absolute atomic E-state index is 11.8. The maximum atomic E-state index is 11.8. The van der Waals surface area contributed by atoms with Crippen LogP contribution in [0.25, 0.3) is 0 Å². The van der Waals surface area contributed by atoms with Gasteiger partial charge in [-0.2, -0.15) is 0 Å². The van der Waals surface area contributed by atoms with Gasteiger partial charge >= 0.3 is 0 Å². The second kappa shape index (κ2) is 5.87. The number of benzene rings is 1. The van der Waals surface area contributed by atoms with Crippen molar-refractivity contribution in [1.29, 1.82) is 0 Å². The van der Waals surface area contributed by atoms with Crippen molar-refractivity contribution in [2.45, 2.75) is 27.7 Å². The first kappa shape index (κ1) is 15.2. The van der Waals surface area contributed by atoms with Crippen molar-refractivity contribution >= 4 is 11.6 Å². The molecular formula is C15H20O4. The highest BCUT2D eigenvalue weighted by molar-refractivity contribution is 5.97. The van der Waals surface area contributed by atoms with Crippen LogP contribution in [-0.2, 0) is 4.79 Å². The van der Waals surface area contributed by atoms with Gasteiger partial charge in [0, 0.05) is 5.41 Å². The van der Waals surface area contributed by atoms with E-state index in [0.717, 1.165) is 0 Å². The van der Waals surface area contributed by atoms with Crippen molar-refractivity contribution in [3.8, 4) is 11.5 Å². The molecule has 0 saturated carbocycles. The van der Waals surface area contributed by atoms with Crippen LogP contribution in [-0.4, -0.2) is 25.3 Å². The Morgan fingerprint density at radius 3 is 2.32 bits per heavy atom. The van der Waals surface area contributed by atoms with Gasteiger partial charge in [-0.3, -0.25) is 9.59 Å². The molecule has 4 heteroatoms. The Bertz CT molecular complexity index is 483. The van der Waals surface area contributed by atoms with Crippen LogP contribution in [0.1, 0.15) is 38.1 Å². The van der Waals surface area contributed by atoms with E-state index < -0.39 is 5.41 Å². The topological polar surface area (TPSA) is 52.6 Å². The van der Waals surface area contributed by atoms with Crippen molar-refractivity contribution in [2.75, 3.05) is 13.7 Å². The number of carbonyl (C=O) groups is 2. The summed E-state index contributed by atoms with van der Waals surface area (Å²) in [4.78, 5) is 23.4. The first-order valence-electron chi connectivity index (χ1n) is 6.11. The van der Waals surface area contributed by atoms with Crippen LogP contribution >= 0.6 is 0 Å². The molecule has 1 aromatic rings. The third-order valence-corrected chi connectivity index (χ3v) is 2.76. The largest absolute Gasteiger partial charge is 0.497 e. The van der Waals surface area contributed by atoms with Gasteiger partial charge in [-0.05, 0) is 25.1 Å². The van der Waals surface area contributed by atoms with Gasteiger partial charge in [-0.25, -0.2) is 0 Å². The second-order valence-corrected chi connectivity index (χ2v) is 5.38. The number of hydrogen-bond donors (Lipinski definition) is 0. The third kappa shape index (κ3) is 4.09. The zero-order chi connectivity index (χ0) is 14.6. The van der Waals surface area contributed by atoms with Crippen molar-refractivity contribution in [3.05, 3.63) is 23.8 Å². The Morgan fingerprint density at radius 2 is 1.84 bits per heavy atom. The van der Waals surface area contributed by atoms with Crippen LogP contribution in [0.2, 0.25) is 0 Å². The van der Waals surface area contributed by atoms with Gasteiger partial charge in [0.15, 0.2) is 11.6 Å². The van der Waals surface area contributed by atoms with Crippen LogP contribution in [0.5, 0.6) is 11.5 Å². The summed E-state index contributed by atoms with van der Waals surface area (Å²) in [6, 6.07) is 4.95. The summed E-state index contributed by atoms with van der Waals surface area (Å²) in [7, 11) is 1.53. The monoisotopic (exact) mass is 264 g/mol. The zero-order valence-corrected chi connectivity index (χ0v) is 12.1. The predicted molar refractivity (Wildman–Crippen MR) is 73.0 cm³/mol. The zero-order valence-electron chi connectivity index (χ0n) is 12.1. The molecule has 0 amide bonds. The molecule has 19 heavy (non-hydrogen) atoms. The number of Topliss-reactive ketones (excluding diaryl/α,β-unsaturated/α-hetero) is 2. The molecule has 0 saturated heterocycles. The molecule has 0 bridgehead atoms. The van der Waals surface area contributed by atoms with Gasteiger partial charge in [0.1, 0.15) is 18.1 Å². The lowest BCUT2D eigenvalue weighted by molar-refractivity contribution is -0.128. The van der Waals surface area contributed by atoms with Crippen LogP contribution in [0.4, 0.5) is 0 Å². The standard InChI is InChI=1S/C15H20O4/c1-10(16)12-8-11(18-5)6-7-13(12)19-9-14(17)15(2,3)4/h6-8H,9H2,1-5H3. The molecule has 104 valence electrons. The summed E-state index contributed by atoms with van der Waals surface area (Å²) in [5, 5.41) is 0. The summed E-state index contributed by atoms with van der Waals surface area (Å²) in [5.74, 6) is 0.848. The van der Waals surface area contributed by atoms with Gasteiger partial charge in [0.05, 0.1) is 12.7 Å². The minimum atomic E-state index is -0.455. The van der Waals surface area contributed by atoms with Gasteiger partial charge in [0.25, 0.3) is 0 Å². The fourth-order valence-electron chi connectivity index (χ4n) is 1.40. The van der Waals surface area contributed by atoms with E-state index in [0.29, 0.717) is 17.1 Å². The van der Waals surface area contributed by atoms with Gasteiger partial charge in [-0.1, -0.05) is 20.8 Å². The van der Waals surface area contributed by atoms with E-state index in [1.54, 1.807) is 18.2 Å². The van der Waals surface area contributed by atoms with Crippen molar-refractivity contribution in [3.63, 3.8) is 0 Å². The Balaban J connectivity index is 2.90. The van der Waals surface area contributed by atoms with Crippen LogP contribution < -0.4 is 9.47 Å². The summed E-state index contributed by atoms with van der Waals surface area (Å²) in [5.41, 5.74) is -0.0379. The molecule has 0 N–H and O–H groups in total. The smallest absolute Gasteiger partial charge is 0.175 e. The molecule has 0 aliphatic carbocycles. The van der Waals surface area contributed by atoms with Crippen molar-refractivity contribution < 1.29 is 19.1 Å². The van der Waals surface area contributed by atoms with E-state index in [-0.39, 0.29) is 18.2 Å². The highest BCUT2D eigenvalue weighted by Crippen LogP contribution is 2.25. The maximum Gasteiger partial charge on any atom is 0.175 e. The molecule has 0 aliphatic rings. The summed E-state index contributed by atoms with van der Waals surface area (Å²) < 4.78 is 10.5. The van der Waals surface area contributed by atoms with E-state index in [9.17, 15) is 9.59 Å². The lowest BCUT2D eigenvalue weighted by Crippen LogP contribution is -2.26. The summed E-state index contributed by atoms with van der Waals surface area (Å²) >= 11 is 0. The molecule has 0 heterocycles. The predicted octanol–water partition coefficient (Wildman–Crippen LogP) is 2.89. The number of ether oxygens (including phenoxy) is 2. The number of methoxy groups -OCH3 is 1. The highest BCUT2D eigenvalue weighted by Gasteiger charge is 2.22. The molecule has 4 nitrogen and oxygen atoms in total. The molecule has 1 aromatic carbocycles. The fraction of sp³-hybridized carbons (Fsp3) is 0.467. The Hall–Kier alpha value is -1.84. The molecule has 0 atom stereocenters. The van der Waals surface area contributed by atoms with Crippen LogP contribution in [0, 0.1) is 5.41 Å². The van der Waals surface area contributed by atoms with E-state index in [4.69, 9.17) is 9.47 Å². The van der Waals surface area contributed by atoms with Crippen LogP contribution in [0.15, 0.2) is 18.2 Å². The molecule has 0 aliphatic heterocycles. The Morgan fingerprint density at radius 1 is 1.21 bits per heavy atom. The molecular weight excluding hydrogens is 244 g/mol. The van der Waals surface area contributed by atoms with Gasteiger partial charge in [-0.15, -0.1) is 0 Å². The normalized spacial score (nSPS) is 11.0. The lowest BCUT2D eigenvalue weighted by atomic mass is 9.91. The number of hydrogen-bond acceptors (Lipinski definition) is 4. The minimum Gasteiger partial charge on any atom is -0.497 e. The van der Waals surface area contributed by atoms with Crippen molar-refractivity contribution in [1.82, 2.24) is 0 Å². The quantitative estimate of drug-likeness (QED) is 0.767. The fourth-order valence-corrected chi connectivity index (χ4v) is 1.40. The molecule has 0 spiro atoms. The molecule has 0 unspecified atom stereocenters. The second-order valence-electron chi connectivity index (χ2n) is 5.38. The number of rotatable bonds is 5. The van der Waals surface area contributed by atoms with E-state index in [1.807, 2.05) is 20.8 Å². The first-order valence-corrected chi connectivity index (χ1v) is 6.11. The minimum absolute atomic E-state index is 0.0159. The molecule has 0 aromatic heterocycles. The van der Waals surface area contributed by atoms with Crippen molar-refractivity contribution in [2.24, 2.45) is 5.41 Å². The third-order valence-electron chi connectivity index (χ3n) is 2.76. The average Bonchev–Trinajstić information content (AvgIpc) is 2.34. The summed E-state index contributed by atoms with van der Waals surface area (Å²) in [6.07, 6.45) is 0. The number of ketones is 2. The highest BCUT2D eigenvalue weighted by atomic mass is 16.5. The van der Waals surface area contributed by atoms with Gasteiger partial charge in [0.2, 0.25) is 0 Å². The first-order chi connectivity index (χ1) is 8.75. The SMILES string of the molecule is COc1ccc(OCC(=O)C(C)(C)C)c(C(C)=O)c1. The Labute approximate surface area is 113 Å². The average molecular weight is 264 g/mol. The molecule has 1 rings (SSSR count). The van der Waals surface area contributed by atoms with E-state index in [2.05, 4.69) is 0 Å². The van der Waals surface area contributed by atoms with E-state index in [1.165, 1.54) is 14.0 Å². The lowest BCUT2D eigenvalue weighted by Gasteiger charge is -2.17. The Kier molecular flexibility index (Phi) is 4.70. The summed E-state index contributed by atoms with van der Waals surface area (Å²) in [6.45, 7) is 6.90. The van der Waals surface area contributed by atoms with Gasteiger partial charge < -0.3 is 9.47 Å².